The second-order valence-electron chi connectivity index (χ2n) is 7.79. The summed E-state index contributed by atoms with van der Waals surface area (Å²) in [6.45, 7) is -0.0558. The van der Waals surface area contributed by atoms with Gasteiger partial charge >= 0.3 is 11.4 Å². The van der Waals surface area contributed by atoms with Crippen LogP contribution >= 0.6 is 45.2 Å². The average Bonchev–Trinajstić information content (AvgIpc) is 3.36. The highest BCUT2D eigenvalue weighted by atomic mass is 127. The van der Waals surface area contributed by atoms with Gasteiger partial charge in [0.1, 0.15) is 24.7 Å². The number of aliphatic hydroxyl groups excluding tert-OH is 3. The minimum atomic E-state index is -0.818. The topological polar surface area (TPSA) is 198 Å². The van der Waals surface area contributed by atoms with Crippen molar-refractivity contribution in [3.63, 3.8) is 0 Å². The SMILES string of the molecule is COC[C@H]1O[C@@H](n2cc(I)c(=O)[nH]c2=O)C[C@H]1O.O=c1[nH]c(=O)n([C@H]2C[C@@H](O)[C@@H](CO)O2)cc1I. The number of aliphatic hydroxyl groups is 3. The number of methoxy groups -OCH3 is 1. The van der Waals surface area contributed by atoms with Crippen molar-refractivity contribution in [3.05, 3.63) is 61.2 Å². The lowest BCUT2D eigenvalue weighted by Gasteiger charge is -2.15. The van der Waals surface area contributed by atoms with E-state index in [1.807, 2.05) is 22.6 Å². The number of nitrogens with zero attached hydrogens (tertiary/aromatic N) is 2. The lowest BCUT2D eigenvalue weighted by molar-refractivity contribution is -0.0547. The third kappa shape index (κ3) is 6.67. The molecule has 6 atom stereocenters. The normalized spacial score (nSPS) is 28.1. The van der Waals surface area contributed by atoms with Crippen LogP contribution in [0.5, 0.6) is 0 Å². The van der Waals surface area contributed by atoms with E-state index < -0.39 is 59.4 Å². The van der Waals surface area contributed by atoms with Crippen LogP contribution in [0.4, 0.5) is 0 Å². The summed E-state index contributed by atoms with van der Waals surface area (Å²) in [7, 11) is 1.51. The number of hydrogen-bond donors (Lipinski definition) is 5. The van der Waals surface area contributed by atoms with Crippen LogP contribution in [0.1, 0.15) is 25.3 Å². The number of H-pyrrole nitrogens is 2. The number of hydrogen-bond acceptors (Lipinski definition) is 10. The Balaban J connectivity index is 0.000000196. The maximum absolute atomic E-state index is 11.7. The molecular weight excluding hydrogens is 698 g/mol. The largest absolute Gasteiger partial charge is 0.394 e. The summed E-state index contributed by atoms with van der Waals surface area (Å²) < 4.78 is 19.0. The molecule has 2 fully saturated rings. The molecule has 4 heterocycles. The highest BCUT2D eigenvalue weighted by Crippen LogP contribution is 2.28. The van der Waals surface area contributed by atoms with Gasteiger partial charge < -0.3 is 29.5 Å². The summed E-state index contributed by atoms with van der Waals surface area (Å²) in [6, 6.07) is 0. The minimum Gasteiger partial charge on any atom is -0.394 e. The Morgan fingerprint density at radius 1 is 0.914 bits per heavy atom. The molecule has 0 radical (unpaired) electrons. The van der Waals surface area contributed by atoms with Crippen LogP contribution in [0, 0.1) is 7.14 Å². The van der Waals surface area contributed by atoms with E-state index in [9.17, 15) is 29.4 Å². The van der Waals surface area contributed by atoms with E-state index >= 15 is 0 Å². The van der Waals surface area contributed by atoms with E-state index in [0.29, 0.717) is 7.14 Å². The third-order valence-electron chi connectivity index (χ3n) is 5.39. The molecule has 2 aromatic rings. The maximum atomic E-state index is 11.7. The molecule has 35 heavy (non-hydrogen) atoms. The molecule has 194 valence electrons. The van der Waals surface area contributed by atoms with Crippen LogP contribution in [0.2, 0.25) is 0 Å². The van der Waals surface area contributed by atoms with Crippen molar-refractivity contribution < 1.29 is 29.5 Å². The number of halogens is 2. The molecule has 0 aromatic carbocycles. The predicted molar refractivity (Wildman–Crippen MR) is 136 cm³/mol. The molecule has 0 bridgehead atoms. The van der Waals surface area contributed by atoms with E-state index in [2.05, 4.69) is 9.97 Å². The van der Waals surface area contributed by atoms with Gasteiger partial charge in [-0.15, -0.1) is 0 Å². The van der Waals surface area contributed by atoms with Crippen LogP contribution < -0.4 is 22.5 Å². The predicted octanol–water partition coefficient (Wildman–Crippen LogP) is -1.78. The summed E-state index contributed by atoms with van der Waals surface area (Å²) in [4.78, 5) is 50.0. The molecule has 0 amide bonds. The number of ether oxygens (including phenoxy) is 3. The van der Waals surface area contributed by atoms with E-state index in [1.54, 1.807) is 22.6 Å². The van der Waals surface area contributed by atoms with Gasteiger partial charge in [0.25, 0.3) is 11.1 Å². The van der Waals surface area contributed by atoms with Gasteiger partial charge in [-0.1, -0.05) is 0 Å². The molecule has 2 aromatic heterocycles. The van der Waals surface area contributed by atoms with Gasteiger partial charge in [-0.05, 0) is 45.2 Å². The van der Waals surface area contributed by atoms with E-state index in [-0.39, 0.29) is 26.1 Å². The smallest absolute Gasteiger partial charge is 0.330 e. The second-order valence-corrected chi connectivity index (χ2v) is 10.1. The fraction of sp³-hybridized carbons (Fsp3) is 0.579. The Morgan fingerprint density at radius 3 is 1.74 bits per heavy atom. The van der Waals surface area contributed by atoms with E-state index in [4.69, 9.17) is 19.3 Å². The first-order valence-corrected chi connectivity index (χ1v) is 12.5. The average molecular weight is 722 g/mol. The van der Waals surface area contributed by atoms with Gasteiger partial charge in [0, 0.05) is 32.3 Å². The van der Waals surface area contributed by atoms with Crippen LogP contribution in [0.3, 0.4) is 0 Å². The van der Waals surface area contributed by atoms with E-state index in [1.165, 1.54) is 28.6 Å². The minimum absolute atomic E-state index is 0.202. The fourth-order valence-electron chi connectivity index (χ4n) is 3.60. The van der Waals surface area contributed by atoms with Crippen molar-refractivity contribution in [2.75, 3.05) is 20.3 Å². The van der Waals surface area contributed by atoms with Crippen molar-refractivity contribution in [2.45, 2.75) is 49.7 Å². The zero-order valence-corrected chi connectivity index (χ0v) is 22.6. The maximum Gasteiger partial charge on any atom is 0.330 e. The summed E-state index contributed by atoms with van der Waals surface area (Å²) in [5.74, 6) is 0. The zero-order valence-electron chi connectivity index (χ0n) is 18.3. The molecule has 0 spiro atoms. The van der Waals surface area contributed by atoms with Crippen molar-refractivity contribution >= 4 is 45.2 Å². The number of rotatable bonds is 5. The molecule has 2 aliphatic heterocycles. The molecule has 16 heteroatoms. The summed E-state index contributed by atoms with van der Waals surface area (Å²) in [6.07, 6.45) is -0.629. The quantitative estimate of drug-likeness (QED) is 0.220. The van der Waals surface area contributed by atoms with Gasteiger partial charge in [-0.3, -0.25) is 28.7 Å². The Morgan fingerprint density at radius 2 is 1.34 bits per heavy atom. The van der Waals surface area contributed by atoms with Crippen LogP contribution in [-0.2, 0) is 14.2 Å². The number of aromatic amines is 2. The summed E-state index contributed by atoms with van der Waals surface area (Å²) in [5, 5.41) is 28.3. The summed E-state index contributed by atoms with van der Waals surface area (Å²) in [5.41, 5.74) is -2.02. The molecule has 0 saturated carbocycles. The van der Waals surface area contributed by atoms with Gasteiger partial charge in [-0.25, -0.2) is 9.59 Å². The molecule has 0 unspecified atom stereocenters. The molecule has 4 rings (SSSR count). The lowest BCUT2D eigenvalue weighted by atomic mass is 10.2. The molecule has 2 aliphatic rings. The van der Waals surface area contributed by atoms with Crippen LogP contribution in [0.25, 0.3) is 0 Å². The van der Waals surface area contributed by atoms with E-state index in [0.717, 1.165) is 0 Å². The van der Waals surface area contributed by atoms with Gasteiger partial charge in [-0.2, -0.15) is 0 Å². The third-order valence-corrected chi connectivity index (χ3v) is 6.93. The monoisotopic (exact) mass is 722 g/mol. The molecular formula is C19H24I2N4O10. The van der Waals surface area contributed by atoms with Crippen molar-refractivity contribution in [1.82, 2.24) is 19.1 Å². The van der Waals surface area contributed by atoms with Crippen molar-refractivity contribution in [2.24, 2.45) is 0 Å². The second kappa shape index (κ2) is 12.2. The molecule has 5 N–H and O–H groups in total. The van der Waals surface area contributed by atoms with Crippen LogP contribution in [0.15, 0.2) is 31.6 Å². The molecule has 0 aliphatic carbocycles. The standard InChI is InChI=1S/C10H13IN2O5.C9H11IN2O5/c1-17-4-7-6(14)2-8(18-7)13-3-5(11)9(15)12-10(13)16;10-4-2-12(9(16)11-8(4)15)7-1-5(14)6(3-13)17-7/h3,6-8,14H,2,4H2,1H3,(H,12,15,16);2,5-7,13-14H,1,3H2,(H,11,15,16)/t6-,7-,8-;5-,6-,7-/m11/s1. The first kappa shape index (κ1) is 28.2. The fourth-order valence-corrected chi connectivity index (χ4v) is 4.47. The Labute approximate surface area is 224 Å². The highest BCUT2D eigenvalue weighted by molar-refractivity contribution is 14.1. The Hall–Kier alpha value is -1.42. The van der Waals surface area contributed by atoms with Gasteiger partial charge in [0.05, 0.1) is 32.6 Å². The molecule has 14 nitrogen and oxygen atoms in total. The van der Waals surface area contributed by atoms with Crippen LogP contribution in [-0.4, -0.2) is 79.2 Å². The lowest BCUT2D eigenvalue weighted by Crippen LogP contribution is -2.33. The zero-order chi connectivity index (χ0) is 25.9. The highest BCUT2D eigenvalue weighted by Gasteiger charge is 2.36. The van der Waals surface area contributed by atoms with Crippen molar-refractivity contribution in [3.8, 4) is 0 Å². The first-order valence-electron chi connectivity index (χ1n) is 10.3. The number of aromatic nitrogens is 4. The first-order chi connectivity index (χ1) is 16.5. The Kier molecular flexibility index (Phi) is 9.82. The van der Waals surface area contributed by atoms with Gasteiger partial charge in [0.2, 0.25) is 0 Å². The number of nitrogens with one attached hydrogen (secondary N) is 2. The molecule has 2 saturated heterocycles. The van der Waals surface area contributed by atoms with Gasteiger partial charge in [0.15, 0.2) is 0 Å². The van der Waals surface area contributed by atoms with Crippen molar-refractivity contribution in [1.29, 1.82) is 0 Å². The Bertz CT molecular complexity index is 1260. The summed E-state index contributed by atoms with van der Waals surface area (Å²) >= 11 is 3.64.